The molecule has 0 bridgehead atoms. The fourth-order valence-corrected chi connectivity index (χ4v) is 3.04. The SMILES string of the molecule is CCn1nc(C)c(Br)c1CC1(F)CCC(N)C1. The molecule has 2 rings (SSSR count). The van der Waals surface area contributed by atoms with E-state index in [9.17, 15) is 4.39 Å². The molecule has 1 aromatic rings. The van der Waals surface area contributed by atoms with Crippen LogP contribution >= 0.6 is 15.9 Å². The van der Waals surface area contributed by atoms with Gasteiger partial charge >= 0.3 is 0 Å². The summed E-state index contributed by atoms with van der Waals surface area (Å²) >= 11 is 3.51. The van der Waals surface area contributed by atoms with Gasteiger partial charge in [-0.15, -0.1) is 0 Å². The summed E-state index contributed by atoms with van der Waals surface area (Å²) in [5.74, 6) is 0. The third kappa shape index (κ3) is 2.55. The average molecular weight is 304 g/mol. The van der Waals surface area contributed by atoms with Crippen LogP contribution in [0.2, 0.25) is 0 Å². The van der Waals surface area contributed by atoms with E-state index in [-0.39, 0.29) is 6.04 Å². The number of aryl methyl sites for hydroxylation is 2. The number of nitrogens with zero attached hydrogens (tertiary/aromatic N) is 2. The summed E-state index contributed by atoms with van der Waals surface area (Å²) in [7, 11) is 0. The lowest BCUT2D eigenvalue weighted by atomic mass is 9.97. The smallest absolute Gasteiger partial charge is 0.118 e. The molecular formula is C12H19BrFN3. The Balaban J connectivity index is 2.23. The molecule has 5 heteroatoms. The Morgan fingerprint density at radius 3 is 2.88 bits per heavy atom. The van der Waals surface area contributed by atoms with Crippen LogP contribution in [-0.2, 0) is 13.0 Å². The number of halogens is 2. The molecule has 2 atom stereocenters. The van der Waals surface area contributed by atoms with Crippen LogP contribution in [-0.4, -0.2) is 21.5 Å². The highest BCUT2D eigenvalue weighted by Gasteiger charge is 2.39. The van der Waals surface area contributed by atoms with Gasteiger partial charge in [-0.25, -0.2) is 4.39 Å². The lowest BCUT2D eigenvalue weighted by Crippen LogP contribution is -2.27. The molecule has 3 nitrogen and oxygen atoms in total. The molecule has 1 aliphatic rings. The second-order valence-corrected chi connectivity index (χ2v) is 5.79. The van der Waals surface area contributed by atoms with Crippen LogP contribution in [0, 0.1) is 6.92 Å². The lowest BCUT2D eigenvalue weighted by Gasteiger charge is -2.20. The van der Waals surface area contributed by atoms with Crippen LogP contribution in [0.15, 0.2) is 4.47 Å². The molecule has 0 radical (unpaired) electrons. The van der Waals surface area contributed by atoms with Crippen molar-refractivity contribution >= 4 is 15.9 Å². The van der Waals surface area contributed by atoms with Crippen molar-refractivity contribution in [2.75, 3.05) is 0 Å². The van der Waals surface area contributed by atoms with Crippen molar-refractivity contribution in [1.82, 2.24) is 9.78 Å². The molecule has 1 saturated carbocycles. The highest BCUT2D eigenvalue weighted by molar-refractivity contribution is 9.10. The summed E-state index contributed by atoms with van der Waals surface area (Å²) in [5.41, 5.74) is 6.54. The first-order valence-electron chi connectivity index (χ1n) is 6.11. The van der Waals surface area contributed by atoms with E-state index in [0.717, 1.165) is 28.8 Å². The Hall–Kier alpha value is -0.420. The predicted molar refractivity (Wildman–Crippen MR) is 69.7 cm³/mol. The molecule has 2 N–H and O–H groups in total. The van der Waals surface area contributed by atoms with Crippen molar-refractivity contribution < 1.29 is 4.39 Å². The number of nitrogens with two attached hydrogens (primary N) is 1. The van der Waals surface area contributed by atoms with Crippen LogP contribution < -0.4 is 5.73 Å². The van der Waals surface area contributed by atoms with Crippen LogP contribution in [0.4, 0.5) is 4.39 Å². The molecule has 1 fully saturated rings. The van der Waals surface area contributed by atoms with Gasteiger partial charge in [0.15, 0.2) is 0 Å². The zero-order valence-corrected chi connectivity index (χ0v) is 11.9. The average Bonchev–Trinajstić information content (AvgIpc) is 2.74. The van der Waals surface area contributed by atoms with Gasteiger partial charge in [0.05, 0.1) is 15.9 Å². The van der Waals surface area contributed by atoms with E-state index in [2.05, 4.69) is 21.0 Å². The van der Waals surface area contributed by atoms with E-state index in [1.807, 2.05) is 18.5 Å². The topological polar surface area (TPSA) is 43.8 Å². The summed E-state index contributed by atoms with van der Waals surface area (Å²) in [6.07, 6.45) is 2.23. The number of aromatic nitrogens is 2. The Labute approximate surface area is 110 Å². The molecular weight excluding hydrogens is 285 g/mol. The monoisotopic (exact) mass is 303 g/mol. The summed E-state index contributed by atoms with van der Waals surface area (Å²) < 4.78 is 17.4. The first-order valence-corrected chi connectivity index (χ1v) is 6.91. The van der Waals surface area contributed by atoms with Crippen molar-refractivity contribution in [2.45, 2.75) is 57.8 Å². The maximum Gasteiger partial charge on any atom is 0.118 e. The van der Waals surface area contributed by atoms with Gasteiger partial charge in [0.1, 0.15) is 5.67 Å². The van der Waals surface area contributed by atoms with Crippen LogP contribution in [0.3, 0.4) is 0 Å². The van der Waals surface area contributed by atoms with Crippen molar-refractivity contribution in [3.05, 3.63) is 15.9 Å². The van der Waals surface area contributed by atoms with Gasteiger partial charge in [-0.1, -0.05) is 0 Å². The molecule has 17 heavy (non-hydrogen) atoms. The molecule has 0 saturated heterocycles. The first-order chi connectivity index (χ1) is 7.95. The number of hydrogen-bond donors (Lipinski definition) is 1. The Morgan fingerprint density at radius 2 is 2.35 bits per heavy atom. The standard InChI is InChI=1S/C12H19BrFN3/c1-3-17-10(11(13)8(2)16-17)7-12(14)5-4-9(15)6-12/h9H,3-7,15H2,1-2H3. The van der Waals surface area contributed by atoms with E-state index in [1.165, 1.54) is 0 Å². The van der Waals surface area contributed by atoms with E-state index in [4.69, 9.17) is 5.73 Å². The van der Waals surface area contributed by atoms with Gasteiger partial charge in [0.25, 0.3) is 0 Å². The van der Waals surface area contributed by atoms with Crippen molar-refractivity contribution in [3.8, 4) is 0 Å². The van der Waals surface area contributed by atoms with Gasteiger partial charge in [-0.3, -0.25) is 4.68 Å². The zero-order valence-electron chi connectivity index (χ0n) is 10.3. The minimum Gasteiger partial charge on any atom is -0.328 e. The van der Waals surface area contributed by atoms with Gasteiger partial charge < -0.3 is 5.73 Å². The largest absolute Gasteiger partial charge is 0.328 e. The van der Waals surface area contributed by atoms with Crippen LogP contribution in [0.5, 0.6) is 0 Å². The highest BCUT2D eigenvalue weighted by Crippen LogP contribution is 2.37. The van der Waals surface area contributed by atoms with Crippen molar-refractivity contribution in [2.24, 2.45) is 5.73 Å². The Kier molecular flexibility index (Phi) is 3.59. The molecule has 1 aromatic heterocycles. The third-order valence-electron chi connectivity index (χ3n) is 3.53. The van der Waals surface area contributed by atoms with Gasteiger partial charge in [-0.2, -0.15) is 5.10 Å². The molecule has 96 valence electrons. The number of alkyl halides is 1. The van der Waals surface area contributed by atoms with E-state index in [1.54, 1.807) is 0 Å². The fraction of sp³-hybridized carbons (Fsp3) is 0.750. The minimum atomic E-state index is -1.15. The maximum atomic E-state index is 14.6. The molecule has 0 aliphatic heterocycles. The van der Waals surface area contributed by atoms with E-state index >= 15 is 0 Å². The van der Waals surface area contributed by atoms with Crippen LogP contribution in [0.25, 0.3) is 0 Å². The summed E-state index contributed by atoms with van der Waals surface area (Å²) in [6, 6.07) is 0.0119. The molecule has 0 spiro atoms. The third-order valence-corrected chi connectivity index (χ3v) is 4.56. The summed E-state index contributed by atoms with van der Waals surface area (Å²) in [6.45, 7) is 4.72. The molecule has 0 aromatic carbocycles. The number of rotatable bonds is 3. The second kappa shape index (κ2) is 4.69. The quantitative estimate of drug-likeness (QED) is 0.933. The van der Waals surface area contributed by atoms with Gasteiger partial charge in [0, 0.05) is 19.0 Å². The zero-order chi connectivity index (χ0) is 12.6. The molecule has 1 heterocycles. The normalized spacial score (nSPS) is 28.9. The maximum absolute atomic E-state index is 14.6. The second-order valence-electron chi connectivity index (χ2n) is 4.99. The highest BCUT2D eigenvalue weighted by atomic mass is 79.9. The summed E-state index contributed by atoms with van der Waals surface area (Å²) in [4.78, 5) is 0. The molecule has 2 unspecified atom stereocenters. The Bertz CT molecular complexity index is 418. The van der Waals surface area contributed by atoms with Gasteiger partial charge in [0.2, 0.25) is 0 Å². The van der Waals surface area contributed by atoms with E-state index < -0.39 is 5.67 Å². The fourth-order valence-electron chi connectivity index (χ4n) is 2.62. The lowest BCUT2D eigenvalue weighted by molar-refractivity contribution is 0.166. The first kappa shape index (κ1) is 13.0. The molecule has 0 amide bonds. The van der Waals surface area contributed by atoms with Crippen LogP contribution in [0.1, 0.15) is 37.6 Å². The predicted octanol–water partition coefficient (Wildman–Crippen LogP) is 2.74. The van der Waals surface area contributed by atoms with E-state index in [0.29, 0.717) is 19.3 Å². The minimum absolute atomic E-state index is 0.0119. The summed E-state index contributed by atoms with van der Waals surface area (Å²) in [5, 5.41) is 4.39. The molecule has 1 aliphatic carbocycles. The number of hydrogen-bond acceptors (Lipinski definition) is 2. The van der Waals surface area contributed by atoms with Crippen molar-refractivity contribution in [3.63, 3.8) is 0 Å². The van der Waals surface area contributed by atoms with Crippen molar-refractivity contribution in [1.29, 1.82) is 0 Å². The Morgan fingerprint density at radius 1 is 1.65 bits per heavy atom. The van der Waals surface area contributed by atoms with Gasteiger partial charge in [-0.05, 0) is 49.0 Å².